The van der Waals surface area contributed by atoms with E-state index in [-0.39, 0.29) is 11.9 Å². The van der Waals surface area contributed by atoms with Gasteiger partial charge in [0.1, 0.15) is 17.7 Å². The number of rotatable bonds is 2. The highest BCUT2D eigenvalue weighted by molar-refractivity contribution is 5.37. The first-order valence-corrected chi connectivity index (χ1v) is 5.66. The highest BCUT2D eigenvalue weighted by Gasteiger charge is 2.24. The van der Waals surface area contributed by atoms with Gasteiger partial charge < -0.3 is 4.74 Å². The Hall–Kier alpha value is -1.84. The highest BCUT2D eigenvalue weighted by Crippen LogP contribution is 2.29. The first-order chi connectivity index (χ1) is 8.22. The molecule has 1 atom stereocenters. The summed E-state index contributed by atoms with van der Waals surface area (Å²) in [5, 5.41) is 4.22. The summed E-state index contributed by atoms with van der Waals surface area (Å²) < 4.78 is 20.7. The molecule has 3 rings (SSSR count). The number of hydrogen-bond donors (Lipinski definition) is 0. The Balaban J connectivity index is 1.76. The second-order valence-electron chi connectivity index (χ2n) is 4.35. The molecule has 0 N–H and O–H groups in total. The lowest BCUT2D eigenvalue weighted by Crippen LogP contribution is -2.22. The summed E-state index contributed by atoms with van der Waals surface area (Å²) in [6.07, 6.45) is 2.56. The maximum atomic E-state index is 13.1. The van der Waals surface area contributed by atoms with Gasteiger partial charge in [-0.2, -0.15) is 5.10 Å². The molecule has 1 unspecified atom stereocenters. The van der Waals surface area contributed by atoms with Gasteiger partial charge in [0.25, 0.3) is 0 Å². The van der Waals surface area contributed by atoms with Gasteiger partial charge in [-0.3, -0.25) is 4.68 Å². The van der Waals surface area contributed by atoms with Crippen molar-refractivity contribution in [1.29, 1.82) is 0 Å². The van der Waals surface area contributed by atoms with E-state index >= 15 is 0 Å². The first kappa shape index (κ1) is 10.3. The van der Waals surface area contributed by atoms with Crippen LogP contribution in [0.4, 0.5) is 4.39 Å². The molecular weight excluding hydrogens is 219 g/mol. The molecule has 1 aromatic carbocycles. The maximum Gasteiger partial charge on any atom is 0.123 e. The summed E-state index contributed by atoms with van der Waals surface area (Å²) in [6.45, 7) is 2.71. The average Bonchev–Trinajstić information content (AvgIpc) is 2.85. The molecular formula is C13H13FN2O. The lowest BCUT2D eigenvalue weighted by Gasteiger charge is -2.11. The number of aromatic nitrogens is 2. The van der Waals surface area contributed by atoms with Gasteiger partial charge in [-0.05, 0) is 31.2 Å². The van der Waals surface area contributed by atoms with Crippen LogP contribution in [0.2, 0.25) is 0 Å². The van der Waals surface area contributed by atoms with Crippen LogP contribution in [0.15, 0.2) is 30.5 Å². The van der Waals surface area contributed by atoms with E-state index in [0.29, 0.717) is 6.54 Å². The summed E-state index contributed by atoms with van der Waals surface area (Å²) in [5.41, 5.74) is 2.05. The third-order valence-corrected chi connectivity index (χ3v) is 3.07. The highest BCUT2D eigenvalue weighted by atomic mass is 19.1. The van der Waals surface area contributed by atoms with Gasteiger partial charge in [0.15, 0.2) is 0 Å². The van der Waals surface area contributed by atoms with Crippen molar-refractivity contribution in [2.45, 2.75) is 26.0 Å². The summed E-state index contributed by atoms with van der Waals surface area (Å²) in [7, 11) is 0. The van der Waals surface area contributed by atoms with Crippen LogP contribution in [0, 0.1) is 12.7 Å². The van der Waals surface area contributed by atoms with Crippen molar-refractivity contribution >= 4 is 0 Å². The fourth-order valence-corrected chi connectivity index (χ4v) is 2.17. The van der Waals surface area contributed by atoms with Crippen LogP contribution in [0.3, 0.4) is 0 Å². The van der Waals surface area contributed by atoms with Crippen LogP contribution in [-0.2, 0) is 13.0 Å². The van der Waals surface area contributed by atoms with Gasteiger partial charge in [0.2, 0.25) is 0 Å². The standard InChI is InChI=1S/C13H13FN2O/c1-9-4-5-15-16(9)8-12-7-10-6-11(14)2-3-13(10)17-12/h2-6,12H,7-8H2,1H3. The van der Waals surface area contributed by atoms with E-state index in [2.05, 4.69) is 5.10 Å². The molecule has 0 radical (unpaired) electrons. The monoisotopic (exact) mass is 232 g/mol. The Morgan fingerprint density at radius 2 is 2.35 bits per heavy atom. The van der Waals surface area contributed by atoms with E-state index in [9.17, 15) is 4.39 Å². The summed E-state index contributed by atoms with van der Waals surface area (Å²) in [6, 6.07) is 6.63. The molecule has 17 heavy (non-hydrogen) atoms. The topological polar surface area (TPSA) is 27.1 Å². The quantitative estimate of drug-likeness (QED) is 0.794. The molecule has 88 valence electrons. The molecule has 3 nitrogen and oxygen atoms in total. The van der Waals surface area contributed by atoms with Crippen LogP contribution in [-0.4, -0.2) is 15.9 Å². The molecule has 4 heteroatoms. The molecule has 0 aliphatic carbocycles. The van der Waals surface area contributed by atoms with Gasteiger partial charge >= 0.3 is 0 Å². The van der Waals surface area contributed by atoms with Crippen molar-refractivity contribution in [3.63, 3.8) is 0 Å². The molecule has 0 spiro atoms. The lowest BCUT2D eigenvalue weighted by molar-refractivity contribution is 0.202. The second kappa shape index (κ2) is 3.87. The zero-order valence-electron chi connectivity index (χ0n) is 9.56. The van der Waals surface area contributed by atoms with Crippen LogP contribution >= 0.6 is 0 Å². The number of ether oxygens (including phenoxy) is 1. The predicted octanol–water partition coefficient (Wildman–Crippen LogP) is 2.33. The molecule has 1 aliphatic rings. The molecule has 0 saturated carbocycles. The van der Waals surface area contributed by atoms with E-state index in [0.717, 1.165) is 23.4 Å². The summed E-state index contributed by atoms with van der Waals surface area (Å²) >= 11 is 0. The van der Waals surface area contributed by atoms with Gasteiger partial charge in [-0.15, -0.1) is 0 Å². The lowest BCUT2D eigenvalue weighted by atomic mass is 10.1. The van der Waals surface area contributed by atoms with Crippen molar-refractivity contribution in [3.8, 4) is 5.75 Å². The van der Waals surface area contributed by atoms with Gasteiger partial charge in [0, 0.05) is 23.9 Å². The zero-order chi connectivity index (χ0) is 11.8. The first-order valence-electron chi connectivity index (χ1n) is 5.66. The number of fused-ring (bicyclic) bond motifs is 1. The minimum atomic E-state index is -0.205. The van der Waals surface area contributed by atoms with Gasteiger partial charge in [-0.25, -0.2) is 4.39 Å². The van der Waals surface area contributed by atoms with Crippen molar-refractivity contribution in [2.24, 2.45) is 0 Å². The molecule has 0 fully saturated rings. The molecule has 0 bridgehead atoms. The minimum absolute atomic E-state index is 0.0467. The van der Waals surface area contributed by atoms with Crippen LogP contribution < -0.4 is 4.74 Å². The zero-order valence-corrected chi connectivity index (χ0v) is 9.56. The van der Waals surface area contributed by atoms with Crippen molar-refractivity contribution in [1.82, 2.24) is 9.78 Å². The molecule has 1 aliphatic heterocycles. The van der Waals surface area contributed by atoms with Crippen molar-refractivity contribution in [2.75, 3.05) is 0 Å². The third kappa shape index (κ3) is 1.90. The van der Waals surface area contributed by atoms with E-state index in [1.807, 2.05) is 17.7 Å². The Morgan fingerprint density at radius 3 is 3.12 bits per heavy atom. The fourth-order valence-electron chi connectivity index (χ4n) is 2.17. The van der Waals surface area contributed by atoms with Crippen LogP contribution in [0.25, 0.3) is 0 Å². The number of halogens is 1. The molecule has 0 amide bonds. The summed E-state index contributed by atoms with van der Waals surface area (Å²) in [5.74, 6) is 0.587. The van der Waals surface area contributed by atoms with E-state index in [4.69, 9.17) is 4.74 Å². The van der Waals surface area contributed by atoms with Crippen molar-refractivity contribution in [3.05, 3.63) is 47.5 Å². The fraction of sp³-hybridized carbons (Fsp3) is 0.308. The molecule has 0 saturated heterocycles. The van der Waals surface area contributed by atoms with Gasteiger partial charge in [-0.1, -0.05) is 0 Å². The van der Waals surface area contributed by atoms with E-state index in [1.165, 1.54) is 6.07 Å². The predicted molar refractivity (Wildman–Crippen MR) is 61.5 cm³/mol. The molecule has 2 aromatic rings. The largest absolute Gasteiger partial charge is 0.488 e. The normalized spacial score (nSPS) is 17.9. The number of aryl methyl sites for hydroxylation is 1. The minimum Gasteiger partial charge on any atom is -0.488 e. The Labute approximate surface area is 98.8 Å². The van der Waals surface area contributed by atoms with Gasteiger partial charge in [0.05, 0.1) is 6.54 Å². The number of nitrogens with zero attached hydrogens (tertiary/aromatic N) is 2. The Morgan fingerprint density at radius 1 is 1.47 bits per heavy atom. The second-order valence-corrected chi connectivity index (χ2v) is 4.35. The van der Waals surface area contributed by atoms with Crippen molar-refractivity contribution < 1.29 is 9.13 Å². The Bertz CT molecular complexity index is 550. The van der Waals surface area contributed by atoms with E-state index < -0.39 is 0 Å². The molecule has 2 heterocycles. The van der Waals surface area contributed by atoms with Crippen LogP contribution in [0.5, 0.6) is 5.75 Å². The average molecular weight is 232 g/mol. The third-order valence-electron chi connectivity index (χ3n) is 3.07. The number of hydrogen-bond acceptors (Lipinski definition) is 2. The number of benzene rings is 1. The van der Waals surface area contributed by atoms with Crippen LogP contribution in [0.1, 0.15) is 11.3 Å². The Kier molecular flexibility index (Phi) is 2.35. The van der Waals surface area contributed by atoms with E-state index in [1.54, 1.807) is 18.3 Å². The maximum absolute atomic E-state index is 13.1. The SMILES string of the molecule is Cc1ccnn1CC1Cc2cc(F)ccc2O1. The molecule has 1 aromatic heterocycles. The smallest absolute Gasteiger partial charge is 0.123 e. The summed E-state index contributed by atoms with van der Waals surface area (Å²) in [4.78, 5) is 0.